The molecule has 16 nitrogen and oxygen atoms in total. The molecule has 12 atom stereocenters. The molecule has 1 aromatic rings. The number of anilines is 1. The Hall–Kier alpha value is -3.38. The molecule has 4 heterocycles. The summed E-state index contributed by atoms with van der Waals surface area (Å²) in [6.07, 6.45) is -3.51. The van der Waals surface area contributed by atoms with Crippen molar-refractivity contribution in [3.8, 4) is 0 Å². The number of fused-ring (bicyclic) bond motifs is 5. The van der Waals surface area contributed by atoms with Crippen LogP contribution >= 0.6 is 0 Å². The molecule has 4 rings (SSSR count). The van der Waals surface area contributed by atoms with Gasteiger partial charge in [-0.25, -0.2) is 9.98 Å². The number of nitrogens with two attached hydrogens (primary N) is 1. The number of Topliss-reactive ketones (excluding diaryl/α,β-unsaturated/α-hetero) is 1. The van der Waals surface area contributed by atoms with Gasteiger partial charge in [0.1, 0.15) is 41.9 Å². The molecule has 2 bridgehead atoms. The molecule has 3 fully saturated rings. The predicted octanol–water partition coefficient (Wildman–Crippen LogP) is 2.85. The van der Waals surface area contributed by atoms with E-state index in [1.54, 1.807) is 39.1 Å². The van der Waals surface area contributed by atoms with E-state index in [-0.39, 0.29) is 62.8 Å². The van der Waals surface area contributed by atoms with Crippen molar-refractivity contribution in [2.45, 2.75) is 142 Å². The fourth-order valence-corrected chi connectivity index (χ4v) is 7.79. The summed E-state index contributed by atoms with van der Waals surface area (Å²) >= 11 is 0. The van der Waals surface area contributed by atoms with Crippen LogP contribution in [0.4, 0.5) is 5.82 Å². The van der Waals surface area contributed by atoms with Crippen LogP contribution in [-0.4, -0.2) is 131 Å². The summed E-state index contributed by atoms with van der Waals surface area (Å²) in [6, 6.07) is 3.16. The maximum Gasteiger partial charge on any atom is 0.316 e. The number of ketones is 1. The van der Waals surface area contributed by atoms with Crippen LogP contribution in [0.1, 0.15) is 86.6 Å². The highest BCUT2D eigenvalue weighted by molar-refractivity contribution is 6.00. The molecule has 1 aromatic heterocycles. The number of cyclic esters (lactones) is 1. The number of oxime groups is 1. The number of nitrogens with zero attached hydrogens (tertiary/aromatic N) is 4. The van der Waals surface area contributed by atoms with E-state index in [1.165, 1.54) is 20.8 Å². The zero-order valence-corrected chi connectivity index (χ0v) is 33.9. The summed E-state index contributed by atoms with van der Waals surface area (Å²) in [6.45, 7) is 12.8. The highest BCUT2D eigenvalue weighted by atomic mass is 16.7. The summed E-state index contributed by atoms with van der Waals surface area (Å²) in [7, 11) is 3.72. The molecular formula is C39H61N5O11. The van der Waals surface area contributed by atoms with Crippen molar-refractivity contribution in [1.29, 1.82) is 0 Å². The SMILES string of the molecule is CC[C@H]1OC(=O)[C@H](C)C(=O)[C@H](C)[C@@H](O[C@@H]2O[C@H](C)C[C@H](N(C)C)[C@H]2O)[C@@]2(C)C[C@@H](C)C(=NC(C)=O)C[C@@H](OC/C(=N/OCc3cccnc3N)CO2)[C@]1(C)O. The molecule has 1 amide bonds. The van der Waals surface area contributed by atoms with Crippen LogP contribution in [0.2, 0.25) is 0 Å². The number of aromatic nitrogens is 1. The number of rotatable bonds is 7. The molecule has 0 aromatic carbocycles. The highest BCUT2D eigenvalue weighted by Gasteiger charge is 2.51. The van der Waals surface area contributed by atoms with E-state index in [2.05, 4.69) is 15.1 Å². The average Bonchev–Trinajstić information content (AvgIpc) is 3.14. The molecule has 0 saturated carbocycles. The number of hydrogen-bond acceptors (Lipinski definition) is 15. The average molecular weight is 776 g/mol. The Morgan fingerprint density at radius 2 is 1.87 bits per heavy atom. The van der Waals surface area contributed by atoms with Crippen LogP contribution in [-0.2, 0) is 49.5 Å². The Bertz CT molecular complexity index is 1570. The lowest BCUT2D eigenvalue weighted by atomic mass is 9.76. The molecule has 3 aliphatic rings. The number of amides is 1. The van der Waals surface area contributed by atoms with Crippen LogP contribution in [0.3, 0.4) is 0 Å². The Morgan fingerprint density at radius 1 is 1.16 bits per heavy atom. The number of likely N-dealkylation sites (N-methyl/N-ethyl adjacent to an activating group) is 1. The number of aliphatic hydroxyl groups is 2. The number of aliphatic imine (C=N–C) groups is 1. The first-order chi connectivity index (χ1) is 25.8. The normalized spacial score (nSPS) is 38.6. The van der Waals surface area contributed by atoms with Gasteiger partial charge in [-0.15, -0.1) is 0 Å². The topological polar surface area (TPSA) is 214 Å². The summed E-state index contributed by atoms with van der Waals surface area (Å²) < 4.78 is 32.0. The Morgan fingerprint density at radius 3 is 2.51 bits per heavy atom. The molecule has 4 N–H and O–H groups in total. The monoisotopic (exact) mass is 775 g/mol. The van der Waals surface area contributed by atoms with Gasteiger partial charge in [0.05, 0.1) is 37.1 Å². The second kappa shape index (κ2) is 18.7. The summed E-state index contributed by atoms with van der Waals surface area (Å²) in [4.78, 5) is 56.9. The molecular weight excluding hydrogens is 714 g/mol. The van der Waals surface area contributed by atoms with E-state index in [0.29, 0.717) is 17.7 Å². The third-order valence-corrected chi connectivity index (χ3v) is 11.1. The van der Waals surface area contributed by atoms with Crippen molar-refractivity contribution in [3.63, 3.8) is 0 Å². The Labute approximate surface area is 324 Å². The Balaban J connectivity index is 1.91. The number of carbonyl (C=O) groups excluding carboxylic acids is 3. The predicted molar refractivity (Wildman–Crippen MR) is 203 cm³/mol. The molecule has 0 aliphatic carbocycles. The highest BCUT2D eigenvalue weighted by Crippen LogP contribution is 2.39. The molecule has 308 valence electrons. The lowest BCUT2D eigenvalue weighted by Gasteiger charge is -2.47. The van der Waals surface area contributed by atoms with Crippen LogP contribution in [0.25, 0.3) is 0 Å². The smallest absolute Gasteiger partial charge is 0.316 e. The van der Waals surface area contributed by atoms with Gasteiger partial charge in [0, 0.05) is 42.8 Å². The van der Waals surface area contributed by atoms with Crippen molar-refractivity contribution in [2.75, 3.05) is 33.0 Å². The van der Waals surface area contributed by atoms with Gasteiger partial charge in [-0.2, -0.15) is 0 Å². The molecule has 0 radical (unpaired) electrons. The van der Waals surface area contributed by atoms with Gasteiger partial charge in [0.2, 0.25) is 5.91 Å². The minimum absolute atomic E-state index is 0.0147. The summed E-state index contributed by atoms with van der Waals surface area (Å²) in [5.74, 6) is -4.30. The van der Waals surface area contributed by atoms with E-state index in [9.17, 15) is 24.6 Å². The van der Waals surface area contributed by atoms with Crippen molar-refractivity contribution in [3.05, 3.63) is 23.9 Å². The van der Waals surface area contributed by atoms with Crippen LogP contribution in [0.5, 0.6) is 0 Å². The van der Waals surface area contributed by atoms with E-state index < -0.39 is 77.3 Å². The number of ether oxygens (including phenoxy) is 5. The van der Waals surface area contributed by atoms with Gasteiger partial charge in [-0.05, 0) is 73.0 Å². The number of esters is 1. The maximum atomic E-state index is 14.4. The molecule has 16 heteroatoms. The molecule has 3 saturated heterocycles. The van der Waals surface area contributed by atoms with E-state index in [4.69, 9.17) is 34.3 Å². The van der Waals surface area contributed by atoms with Gasteiger partial charge < -0.3 is 49.4 Å². The molecule has 0 spiro atoms. The number of nitrogen functional groups attached to an aromatic ring is 1. The van der Waals surface area contributed by atoms with Crippen molar-refractivity contribution in [1.82, 2.24) is 9.88 Å². The van der Waals surface area contributed by atoms with Crippen molar-refractivity contribution >= 4 is 34.9 Å². The van der Waals surface area contributed by atoms with Gasteiger partial charge in [-0.3, -0.25) is 14.4 Å². The lowest BCUT2D eigenvalue weighted by Crippen LogP contribution is -2.59. The number of hydrogen-bond donors (Lipinski definition) is 3. The minimum Gasteiger partial charge on any atom is -0.459 e. The molecule has 0 unspecified atom stereocenters. The third kappa shape index (κ3) is 10.7. The van der Waals surface area contributed by atoms with E-state index >= 15 is 0 Å². The first kappa shape index (κ1) is 44.3. The lowest BCUT2D eigenvalue weighted by molar-refractivity contribution is -0.296. The number of pyridine rings is 1. The van der Waals surface area contributed by atoms with E-state index in [0.717, 1.165) is 0 Å². The summed E-state index contributed by atoms with van der Waals surface area (Å²) in [5.41, 5.74) is 4.09. The zero-order chi connectivity index (χ0) is 40.8. The zero-order valence-electron chi connectivity index (χ0n) is 33.9. The Kier molecular flexibility index (Phi) is 15.1. The molecule has 55 heavy (non-hydrogen) atoms. The van der Waals surface area contributed by atoms with Crippen LogP contribution < -0.4 is 5.73 Å². The first-order valence-electron chi connectivity index (χ1n) is 19.1. The van der Waals surface area contributed by atoms with E-state index in [1.807, 2.05) is 32.8 Å². The van der Waals surface area contributed by atoms with Crippen molar-refractivity contribution < 1.29 is 53.1 Å². The fraction of sp³-hybridized carbons (Fsp3) is 0.744. The first-order valence-corrected chi connectivity index (χ1v) is 19.1. The minimum atomic E-state index is -1.83. The number of carbonyl (C=O) groups is 3. The van der Waals surface area contributed by atoms with Crippen LogP contribution in [0, 0.1) is 17.8 Å². The second-order valence-corrected chi connectivity index (χ2v) is 15.9. The molecule has 3 aliphatic heterocycles. The van der Waals surface area contributed by atoms with Gasteiger partial charge in [0.15, 0.2) is 12.1 Å². The second-order valence-electron chi connectivity index (χ2n) is 15.9. The number of aliphatic hydroxyl groups excluding tert-OH is 1. The van der Waals surface area contributed by atoms with Gasteiger partial charge in [-0.1, -0.05) is 32.0 Å². The van der Waals surface area contributed by atoms with Gasteiger partial charge >= 0.3 is 5.97 Å². The maximum absolute atomic E-state index is 14.4. The third-order valence-electron chi connectivity index (χ3n) is 11.1. The fourth-order valence-electron chi connectivity index (χ4n) is 7.79. The van der Waals surface area contributed by atoms with Gasteiger partial charge in [0.25, 0.3) is 0 Å². The van der Waals surface area contributed by atoms with Crippen LogP contribution in [0.15, 0.2) is 28.5 Å². The quantitative estimate of drug-likeness (QED) is 0.207. The standard InChI is InChI=1S/C39H61N5O11/c1-11-30-39(8,49)31-16-28(42-25(6)45)21(2)17-38(7,51-20-27(19-50-31)43-52-18-26-13-12-14-41-35(26)40)34(23(4)32(46)24(5)36(48)54-30)55-37-33(47)29(44(9)10)15-22(3)53-37/h12-14,21-24,29-31,33-34,37,47,49H,11,15-20H2,1-10H3,(H2,40,41)/b42-28?,43-27-/t21-,22-,23+,24-,29+,30-,31-,33-,34-,37+,38-,39-/m1/s1. The van der Waals surface area contributed by atoms with Crippen molar-refractivity contribution in [2.24, 2.45) is 27.9 Å². The summed E-state index contributed by atoms with van der Waals surface area (Å²) in [5, 5.41) is 28.1. The largest absolute Gasteiger partial charge is 0.459 e.